The standard InChI is InChI=1S/C12H22N2/c1-11(2)6-4-5-7-12(3)14-9-8-13-10-14/h8-12H,4-7H2,1-3H3/p+1. The van der Waals surface area contributed by atoms with Gasteiger partial charge < -0.3 is 0 Å². The average molecular weight is 195 g/mol. The van der Waals surface area contributed by atoms with Gasteiger partial charge in [0.15, 0.2) is 0 Å². The van der Waals surface area contributed by atoms with Crippen molar-refractivity contribution in [2.45, 2.75) is 52.5 Å². The van der Waals surface area contributed by atoms with Gasteiger partial charge in [-0.2, -0.15) is 0 Å². The number of H-pyrrole nitrogens is 1. The zero-order chi connectivity index (χ0) is 10.4. The van der Waals surface area contributed by atoms with Crippen LogP contribution in [0.4, 0.5) is 0 Å². The first-order valence-corrected chi connectivity index (χ1v) is 5.73. The van der Waals surface area contributed by atoms with Gasteiger partial charge in [-0.15, -0.1) is 0 Å². The maximum Gasteiger partial charge on any atom is 0.241 e. The lowest BCUT2D eigenvalue weighted by molar-refractivity contribution is -0.719. The van der Waals surface area contributed by atoms with E-state index in [1.807, 2.05) is 12.5 Å². The van der Waals surface area contributed by atoms with Crippen molar-refractivity contribution in [3.05, 3.63) is 18.7 Å². The highest BCUT2D eigenvalue weighted by atomic mass is 15.0. The zero-order valence-corrected chi connectivity index (χ0v) is 9.66. The molecule has 1 heterocycles. The summed E-state index contributed by atoms with van der Waals surface area (Å²) in [6, 6.07) is 0.633. The quantitative estimate of drug-likeness (QED) is 0.531. The van der Waals surface area contributed by atoms with Gasteiger partial charge in [-0.05, 0) is 25.7 Å². The monoisotopic (exact) mass is 195 g/mol. The molecule has 1 N–H and O–H groups in total. The lowest BCUT2D eigenvalue weighted by Crippen LogP contribution is -2.34. The van der Waals surface area contributed by atoms with Crippen LogP contribution in [0.15, 0.2) is 18.7 Å². The minimum Gasteiger partial charge on any atom is -0.250 e. The Hall–Kier alpha value is -0.790. The van der Waals surface area contributed by atoms with Crippen molar-refractivity contribution in [2.24, 2.45) is 5.92 Å². The molecule has 0 aliphatic rings. The summed E-state index contributed by atoms with van der Waals surface area (Å²) in [6.07, 6.45) is 11.5. The van der Waals surface area contributed by atoms with E-state index in [-0.39, 0.29) is 0 Å². The third-order valence-electron chi connectivity index (χ3n) is 2.73. The predicted molar refractivity (Wildman–Crippen MR) is 59.0 cm³/mol. The van der Waals surface area contributed by atoms with Crippen molar-refractivity contribution in [1.29, 1.82) is 0 Å². The molecule has 0 radical (unpaired) electrons. The molecule has 0 bridgehead atoms. The number of imidazole rings is 1. The van der Waals surface area contributed by atoms with Crippen molar-refractivity contribution < 1.29 is 4.57 Å². The molecule has 0 amide bonds. The summed E-state index contributed by atoms with van der Waals surface area (Å²) in [4.78, 5) is 3.08. The second kappa shape index (κ2) is 5.84. The molecule has 0 aromatic carbocycles. The topological polar surface area (TPSA) is 19.7 Å². The number of aromatic nitrogens is 2. The Morgan fingerprint density at radius 2 is 1.86 bits per heavy atom. The Morgan fingerprint density at radius 1 is 1.14 bits per heavy atom. The van der Waals surface area contributed by atoms with Crippen LogP contribution in [-0.4, -0.2) is 4.98 Å². The summed E-state index contributed by atoms with van der Waals surface area (Å²) < 4.78 is 2.25. The van der Waals surface area contributed by atoms with Gasteiger partial charge in [-0.1, -0.05) is 26.7 Å². The second-order valence-electron chi connectivity index (χ2n) is 4.59. The lowest BCUT2D eigenvalue weighted by atomic mass is 10.0. The highest BCUT2D eigenvalue weighted by Crippen LogP contribution is 2.12. The largest absolute Gasteiger partial charge is 0.250 e. The molecule has 0 spiro atoms. The van der Waals surface area contributed by atoms with E-state index in [1.165, 1.54) is 25.7 Å². The molecular weight excluding hydrogens is 172 g/mol. The lowest BCUT2D eigenvalue weighted by Gasteiger charge is -2.08. The highest BCUT2D eigenvalue weighted by Gasteiger charge is 2.08. The molecule has 1 unspecified atom stereocenters. The smallest absolute Gasteiger partial charge is 0.241 e. The number of nitrogens with one attached hydrogen (secondary N) is 1. The van der Waals surface area contributed by atoms with Crippen LogP contribution < -0.4 is 4.57 Å². The van der Waals surface area contributed by atoms with Crippen LogP contribution in [0, 0.1) is 5.92 Å². The summed E-state index contributed by atoms with van der Waals surface area (Å²) in [5.74, 6) is 0.852. The maximum absolute atomic E-state index is 3.08. The third-order valence-corrected chi connectivity index (χ3v) is 2.73. The van der Waals surface area contributed by atoms with Gasteiger partial charge in [0.2, 0.25) is 6.33 Å². The number of unbranched alkanes of at least 4 members (excludes halogenated alkanes) is 1. The fraction of sp³-hybridized carbons (Fsp3) is 0.750. The summed E-state index contributed by atoms with van der Waals surface area (Å²) in [5, 5.41) is 0. The van der Waals surface area contributed by atoms with E-state index < -0.39 is 0 Å². The first-order valence-electron chi connectivity index (χ1n) is 5.73. The van der Waals surface area contributed by atoms with Crippen LogP contribution in [0.5, 0.6) is 0 Å². The molecule has 1 rings (SSSR count). The maximum atomic E-state index is 3.08. The van der Waals surface area contributed by atoms with Gasteiger partial charge >= 0.3 is 0 Å². The Kier molecular flexibility index (Phi) is 4.71. The van der Waals surface area contributed by atoms with E-state index in [1.54, 1.807) is 0 Å². The van der Waals surface area contributed by atoms with Crippen LogP contribution >= 0.6 is 0 Å². The van der Waals surface area contributed by atoms with Crippen LogP contribution in [0.25, 0.3) is 0 Å². The summed E-state index contributed by atoms with van der Waals surface area (Å²) >= 11 is 0. The van der Waals surface area contributed by atoms with Crippen LogP contribution in [-0.2, 0) is 0 Å². The molecule has 0 fully saturated rings. The van der Waals surface area contributed by atoms with Gasteiger partial charge in [0.1, 0.15) is 12.4 Å². The average Bonchev–Trinajstić information content (AvgIpc) is 2.64. The molecule has 0 aliphatic carbocycles. The number of hydrogen-bond acceptors (Lipinski definition) is 0. The van der Waals surface area contributed by atoms with E-state index in [9.17, 15) is 0 Å². The molecule has 1 atom stereocenters. The Labute approximate surface area is 87.4 Å². The van der Waals surface area contributed by atoms with E-state index in [0.29, 0.717) is 6.04 Å². The number of hydrogen-bond donors (Lipinski definition) is 1. The predicted octanol–water partition coefficient (Wildman–Crippen LogP) is 3.08. The van der Waals surface area contributed by atoms with E-state index in [2.05, 4.69) is 36.5 Å². The molecule has 80 valence electrons. The van der Waals surface area contributed by atoms with E-state index in [4.69, 9.17) is 0 Å². The van der Waals surface area contributed by atoms with Gasteiger partial charge in [0.05, 0.1) is 6.04 Å². The molecule has 14 heavy (non-hydrogen) atoms. The van der Waals surface area contributed by atoms with Crippen molar-refractivity contribution in [2.75, 3.05) is 0 Å². The molecular formula is C12H23N2+. The summed E-state index contributed by atoms with van der Waals surface area (Å²) in [5.41, 5.74) is 0. The van der Waals surface area contributed by atoms with Crippen molar-refractivity contribution in [1.82, 2.24) is 4.98 Å². The van der Waals surface area contributed by atoms with Gasteiger partial charge in [-0.25, -0.2) is 4.57 Å². The SMILES string of the molecule is CC(C)CCCCC(C)[n+]1cc[nH]c1. The third kappa shape index (κ3) is 3.95. The van der Waals surface area contributed by atoms with E-state index in [0.717, 1.165) is 5.92 Å². The minimum absolute atomic E-state index is 0.633. The zero-order valence-electron chi connectivity index (χ0n) is 9.66. The second-order valence-corrected chi connectivity index (χ2v) is 4.59. The molecule has 2 nitrogen and oxygen atoms in total. The first-order chi connectivity index (χ1) is 6.70. The van der Waals surface area contributed by atoms with Crippen LogP contribution in [0.1, 0.15) is 52.5 Å². The Bertz CT molecular complexity index is 226. The van der Waals surface area contributed by atoms with Crippen LogP contribution in [0.2, 0.25) is 0 Å². The van der Waals surface area contributed by atoms with Gasteiger partial charge in [0, 0.05) is 0 Å². The van der Waals surface area contributed by atoms with Gasteiger partial charge in [0.25, 0.3) is 0 Å². The Balaban J connectivity index is 2.13. The fourth-order valence-corrected chi connectivity index (χ4v) is 1.72. The molecule has 0 saturated carbocycles. The van der Waals surface area contributed by atoms with Crippen molar-refractivity contribution in [3.63, 3.8) is 0 Å². The number of aromatic amines is 1. The fourth-order valence-electron chi connectivity index (χ4n) is 1.72. The minimum atomic E-state index is 0.633. The summed E-state index contributed by atoms with van der Waals surface area (Å²) in [6.45, 7) is 6.87. The summed E-state index contributed by atoms with van der Waals surface area (Å²) in [7, 11) is 0. The van der Waals surface area contributed by atoms with Crippen molar-refractivity contribution >= 4 is 0 Å². The Morgan fingerprint density at radius 3 is 2.43 bits per heavy atom. The molecule has 1 aromatic rings. The number of rotatable bonds is 6. The molecule has 1 aromatic heterocycles. The molecule has 0 saturated heterocycles. The molecule has 2 heteroatoms. The van der Waals surface area contributed by atoms with Crippen molar-refractivity contribution in [3.8, 4) is 0 Å². The number of nitrogens with zero attached hydrogens (tertiary/aromatic N) is 1. The van der Waals surface area contributed by atoms with Crippen LogP contribution in [0.3, 0.4) is 0 Å². The normalized spacial score (nSPS) is 13.4. The first kappa shape index (κ1) is 11.3. The van der Waals surface area contributed by atoms with E-state index >= 15 is 0 Å². The highest BCUT2D eigenvalue weighted by molar-refractivity contribution is 4.58. The van der Waals surface area contributed by atoms with Gasteiger partial charge in [-0.3, -0.25) is 4.98 Å². The molecule has 0 aliphatic heterocycles.